The molecule has 0 fully saturated rings. The summed E-state index contributed by atoms with van der Waals surface area (Å²) in [5.41, 5.74) is 7.85. The molecule has 31 heavy (non-hydrogen) atoms. The number of benzene rings is 1. The number of rotatable bonds is 6. The van der Waals surface area contributed by atoms with Gasteiger partial charge in [-0.15, -0.1) is 12.4 Å². The molecule has 3 rings (SSSR count). The molecule has 4 N–H and O–H groups in total. The summed E-state index contributed by atoms with van der Waals surface area (Å²) in [6.07, 6.45) is 0.210. The minimum Gasteiger partial charge on any atom is -0.359 e. The number of urea groups is 1. The van der Waals surface area contributed by atoms with Crippen LogP contribution in [0.15, 0.2) is 53.1 Å². The lowest BCUT2D eigenvalue weighted by Gasteiger charge is -2.12. The third-order valence-electron chi connectivity index (χ3n) is 4.37. The number of aromatic nitrogens is 2. The number of halogens is 1. The van der Waals surface area contributed by atoms with Crippen molar-refractivity contribution in [3.05, 3.63) is 71.2 Å². The Bertz CT molecular complexity index is 1040. The first-order chi connectivity index (χ1) is 14.2. The van der Waals surface area contributed by atoms with E-state index in [2.05, 4.69) is 20.8 Å². The van der Waals surface area contributed by atoms with Crippen LogP contribution in [0.5, 0.6) is 0 Å². The van der Waals surface area contributed by atoms with E-state index in [9.17, 15) is 9.59 Å². The summed E-state index contributed by atoms with van der Waals surface area (Å²) in [5.74, 6) is 0.926. The van der Waals surface area contributed by atoms with E-state index in [0.29, 0.717) is 28.7 Å². The Labute approximate surface area is 187 Å². The van der Waals surface area contributed by atoms with Gasteiger partial charge < -0.3 is 15.6 Å². The highest BCUT2D eigenvalue weighted by molar-refractivity contribution is 5.99. The van der Waals surface area contributed by atoms with Gasteiger partial charge in [-0.1, -0.05) is 44.1 Å². The molecule has 0 saturated heterocycles. The van der Waals surface area contributed by atoms with Crippen LogP contribution in [0.1, 0.15) is 48.3 Å². The fourth-order valence-electron chi connectivity index (χ4n) is 2.70. The SMILES string of the molecule is CC(C)(C)c1cc(NC(=O)Nc2ccc(CC(=O)c3cccc(CN)n3)cc2)no1.Cl. The number of nitrogens with one attached hydrogen (secondary N) is 2. The van der Waals surface area contributed by atoms with Gasteiger partial charge in [0.25, 0.3) is 0 Å². The number of pyridine rings is 1. The molecule has 0 aliphatic heterocycles. The van der Waals surface area contributed by atoms with Gasteiger partial charge in [0.05, 0.1) is 5.69 Å². The van der Waals surface area contributed by atoms with Gasteiger partial charge in [-0.05, 0) is 29.8 Å². The summed E-state index contributed by atoms with van der Waals surface area (Å²) >= 11 is 0. The van der Waals surface area contributed by atoms with E-state index in [0.717, 1.165) is 5.56 Å². The highest BCUT2D eigenvalue weighted by Gasteiger charge is 2.20. The second kappa shape index (κ2) is 10.2. The summed E-state index contributed by atoms with van der Waals surface area (Å²) in [4.78, 5) is 28.8. The summed E-state index contributed by atoms with van der Waals surface area (Å²) in [6, 6.07) is 13.5. The molecule has 0 spiro atoms. The Morgan fingerprint density at radius 2 is 1.77 bits per heavy atom. The van der Waals surface area contributed by atoms with Crippen molar-refractivity contribution in [2.45, 2.75) is 39.2 Å². The number of hydrogen-bond donors (Lipinski definition) is 3. The van der Waals surface area contributed by atoms with Crippen molar-refractivity contribution in [2.75, 3.05) is 10.6 Å². The molecule has 0 saturated carbocycles. The molecule has 2 aromatic heterocycles. The van der Waals surface area contributed by atoms with Gasteiger partial charge in [-0.3, -0.25) is 10.1 Å². The van der Waals surface area contributed by atoms with Crippen molar-refractivity contribution in [3.8, 4) is 0 Å². The number of nitrogens with two attached hydrogens (primary N) is 1. The Morgan fingerprint density at radius 3 is 2.39 bits per heavy atom. The van der Waals surface area contributed by atoms with Gasteiger partial charge in [0.1, 0.15) is 11.5 Å². The van der Waals surface area contributed by atoms with Gasteiger partial charge in [0, 0.05) is 30.1 Å². The molecule has 2 heterocycles. The third kappa shape index (κ3) is 6.63. The van der Waals surface area contributed by atoms with Crippen molar-refractivity contribution < 1.29 is 14.1 Å². The lowest BCUT2D eigenvalue weighted by molar-refractivity contribution is 0.0988. The van der Waals surface area contributed by atoms with E-state index in [1.54, 1.807) is 48.5 Å². The van der Waals surface area contributed by atoms with Crippen molar-refractivity contribution in [1.29, 1.82) is 0 Å². The highest BCUT2D eigenvalue weighted by atomic mass is 35.5. The van der Waals surface area contributed by atoms with Crippen LogP contribution < -0.4 is 16.4 Å². The monoisotopic (exact) mass is 443 g/mol. The number of amides is 2. The van der Waals surface area contributed by atoms with E-state index in [1.165, 1.54) is 0 Å². The van der Waals surface area contributed by atoms with Crippen molar-refractivity contribution in [2.24, 2.45) is 5.73 Å². The van der Waals surface area contributed by atoms with Crippen LogP contribution in [-0.2, 0) is 18.4 Å². The van der Waals surface area contributed by atoms with Gasteiger partial charge in [-0.25, -0.2) is 9.78 Å². The first-order valence-corrected chi connectivity index (χ1v) is 9.58. The van der Waals surface area contributed by atoms with E-state index < -0.39 is 6.03 Å². The largest absolute Gasteiger partial charge is 0.359 e. The molecule has 0 unspecified atom stereocenters. The number of Topliss-reactive ketones (excluding diaryl/α,β-unsaturated/α-hetero) is 1. The number of nitrogens with zero attached hydrogens (tertiary/aromatic N) is 2. The van der Waals surface area contributed by atoms with Crippen LogP contribution in [0.2, 0.25) is 0 Å². The zero-order chi connectivity index (χ0) is 21.7. The van der Waals surface area contributed by atoms with Crippen LogP contribution in [0.25, 0.3) is 0 Å². The van der Waals surface area contributed by atoms with Crippen molar-refractivity contribution >= 4 is 35.7 Å². The molecule has 8 nitrogen and oxygen atoms in total. The quantitative estimate of drug-likeness (QED) is 0.487. The maximum atomic E-state index is 12.4. The van der Waals surface area contributed by atoms with Gasteiger partial charge >= 0.3 is 6.03 Å². The maximum absolute atomic E-state index is 12.4. The second-order valence-electron chi connectivity index (χ2n) is 7.92. The Kier molecular flexibility index (Phi) is 7.90. The number of carbonyl (C=O) groups is 2. The van der Waals surface area contributed by atoms with Crippen LogP contribution >= 0.6 is 12.4 Å². The summed E-state index contributed by atoms with van der Waals surface area (Å²) < 4.78 is 5.25. The molecule has 0 aliphatic carbocycles. The lowest BCUT2D eigenvalue weighted by Crippen LogP contribution is -2.19. The number of ketones is 1. The molecular formula is C22H26ClN5O3. The number of anilines is 2. The zero-order valence-corrected chi connectivity index (χ0v) is 18.5. The first-order valence-electron chi connectivity index (χ1n) is 9.58. The Morgan fingerprint density at radius 1 is 1.06 bits per heavy atom. The lowest BCUT2D eigenvalue weighted by atomic mass is 9.93. The summed E-state index contributed by atoms with van der Waals surface area (Å²) in [7, 11) is 0. The van der Waals surface area contributed by atoms with Gasteiger partial charge in [0.15, 0.2) is 11.6 Å². The topological polar surface area (TPSA) is 123 Å². The molecule has 0 bridgehead atoms. The van der Waals surface area contributed by atoms with Crippen LogP contribution in [0.4, 0.5) is 16.3 Å². The van der Waals surface area contributed by atoms with E-state index in [-0.39, 0.29) is 36.6 Å². The van der Waals surface area contributed by atoms with Crippen LogP contribution in [-0.4, -0.2) is 22.0 Å². The Hall–Kier alpha value is -3.23. The standard InChI is InChI=1S/C22H25N5O3.ClH/c1-22(2,3)19-12-20(27-30-19)26-21(29)25-15-9-7-14(8-10-15)11-18(28)17-6-4-5-16(13-23)24-17;/h4-10,12H,11,13,23H2,1-3H3,(H2,25,26,27,29);1H. The predicted octanol–water partition coefficient (Wildman–Crippen LogP) is 4.32. The third-order valence-corrected chi connectivity index (χ3v) is 4.37. The average molecular weight is 444 g/mol. The minimum absolute atomic E-state index is 0. The summed E-state index contributed by atoms with van der Waals surface area (Å²) in [6.45, 7) is 6.27. The second-order valence-corrected chi connectivity index (χ2v) is 7.92. The van der Waals surface area contributed by atoms with Crippen LogP contribution in [0.3, 0.4) is 0 Å². The zero-order valence-electron chi connectivity index (χ0n) is 17.6. The van der Waals surface area contributed by atoms with E-state index >= 15 is 0 Å². The van der Waals surface area contributed by atoms with Crippen molar-refractivity contribution in [3.63, 3.8) is 0 Å². The Balaban J connectivity index is 0.00000341. The molecule has 9 heteroatoms. The predicted molar refractivity (Wildman–Crippen MR) is 122 cm³/mol. The number of carbonyl (C=O) groups excluding carboxylic acids is 2. The molecule has 0 radical (unpaired) electrons. The average Bonchev–Trinajstić information content (AvgIpc) is 3.18. The molecule has 3 aromatic rings. The van der Waals surface area contributed by atoms with E-state index in [4.69, 9.17) is 10.3 Å². The number of hydrogen-bond acceptors (Lipinski definition) is 6. The highest BCUT2D eigenvalue weighted by Crippen LogP contribution is 2.24. The minimum atomic E-state index is -0.435. The summed E-state index contributed by atoms with van der Waals surface area (Å²) in [5, 5.41) is 9.21. The van der Waals surface area contributed by atoms with Crippen LogP contribution in [0, 0.1) is 0 Å². The first kappa shape index (κ1) is 24.0. The smallest absolute Gasteiger partial charge is 0.324 e. The van der Waals surface area contributed by atoms with Crippen molar-refractivity contribution in [1.82, 2.24) is 10.1 Å². The molecule has 2 amide bonds. The fraction of sp³-hybridized carbons (Fsp3) is 0.273. The van der Waals surface area contributed by atoms with Gasteiger partial charge in [0.2, 0.25) is 0 Å². The molecule has 164 valence electrons. The maximum Gasteiger partial charge on any atom is 0.324 e. The molecular weight excluding hydrogens is 418 g/mol. The molecule has 1 aromatic carbocycles. The molecule has 0 atom stereocenters. The molecule has 0 aliphatic rings. The normalized spacial score (nSPS) is 10.8. The van der Waals surface area contributed by atoms with Gasteiger partial charge in [-0.2, -0.15) is 0 Å². The van der Waals surface area contributed by atoms with E-state index in [1.807, 2.05) is 20.8 Å². The fourth-order valence-corrected chi connectivity index (χ4v) is 2.70.